The first-order valence-electron chi connectivity index (χ1n) is 5.18. The summed E-state index contributed by atoms with van der Waals surface area (Å²) in [6, 6.07) is 1.97. The van der Waals surface area contributed by atoms with Crippen LogP contribution in [0.2, 0.25) is 0 Å². The van der Waals surface area contributed by atoms with E-state index in [1.807, 2.05) is 6.07 Å². The lowest BCUT2D eigenvalue weighted by Crippen LogP contribution is -2.51. The summed E-state index contributed by atoms with van der Waals surface area (Å²) < 4.78 is 5.45. The van der Waals surface area contributed by atoms with Gasteiger partial charge in [-0.05, 0) is 42.7 Å². The minimum Gasteiger partial charge on any atom is -0.467 e. The van der Waals surface area contributed by atoms with Crippen molar-refractivity contribution in [3.63, 3.8) is 0 Å². The summed E-state index contributed by atoms with van der Waals surface area (Å²) in [5, 5.41) is 9.51. The van der Waals surface area contributed by atoms with Gasteiger partial charge in [-0.2, -0.15) is 0 Å². The van der Waals surface area contributed by atoms with Gasteiger partial charge in [0.15, 0.2) is 0 Å². The minimum absolute atomic E-state index is 0.00644. The number of fused-ring (bicyclic) bond motifs is 1. The van der Waals surface area contributed by atoms with E-state index in [-0.39, 0.29) is 12.0 Å². The van der Waals surface area contributed by atoms with Crippen LogP contribution >= 0.6 is 0 Å². The zero-order valence-electron chi connectivity index (χ0n) is 8.12. The van der Waals surface area contributed by atoms with Crippen LogP contribution in [-0.4, -0.2) is 11.7 Å². The fourth-order valence-corrected chi connectivity index (χ4v) is 2.85. The van der Waals surface area contributed by atoms with Crippen LogP contribution in [0.5, 0.6) is 0 Å². The number of rotatable bonds is 1. The summed E-state index contributed by atoms with van der Waals surface area (Å²) in [5.41, 5.74) is 7.00. The second-order valence-corrected chi connectivity index (χ2v) is 4.68. The number of hydrogen-bond acceptors (Lipinski definition) is 3. The van der Waals surface area contributed by atoms with Crippen LogP contribution in [0, 0.1) is 5.41 Å². The van der Waals surface area contributed by atoms with E-state index >= 15 is 0 Å². The Kier molecular flexibility index (Phi) is 1.46. The van der Waals surface area contributed by atoms with Gasteiger partial charge in [-0.25, -0.2) is 0 Å². The molecule has 1 spiro atoms. The number of hydrogen-bond donors (Lipinski definition) is 2. The maximum atomic E-state index is 9.51. The Balaban J connectivity index is 2.15. The summed E-state index contributed by atoms with van der Waals surface area (Å²) in [4.78, 5) is 0. The normalized spacial score (nSPS) is 33.0. The number of nitrogens with two attached hydrogens (primary N) is 1. The Labute approximate surface area is 82.9 Å². The number of aliphatic hydroxyl groups is 1. The molecule has 1 saturated carbocycles. The van der Waals surface area contributed by atoms with Gasteiger partial charge in [-0.15, -0.1) is 0 Å². The van der Waals surface area contributed by atoms with Crippen LogP contribution in [0.3, 0.4) is 0 Å². The van der Waals surface area contributed by atoms with Crippen molar-refractivity contribution in [1.82, 2.24) is 0 Å². The van der Waals surface area contributed by atoms with Crippen LogP contribution in [0.1, 0.15) is 30.6 Å². The van der Waals surface area contributed by atoms with Crippen LogP contribution in [-0.2, 0) is 12.0 Å². The molecule has 1 heterocycles. The van der Waals surface area contributed by atoms with Crippen LogP contribution < -0.4 is 5.73 Å². The van der Waals surface area contributed by atoms with E-state index in [9.17, 15) is 5.11 Å². The van der Waals surface area contributed by atoms with Crippen molar-refractivity contribution in [2.75, 3.05) is 6.61 Å². The molecule has 0 bridgehead atoms. The minimum atomic E-state index is -0.621. The lowest BCUT2D eigenvalue weighted by molar-refractivity contribution is 0.0868. The molecule has 3 heteroatoms. The van der Waals surface area contributed by atoms with Gasteiger partial charge in [-0.3, -0.25) is 0 Å². The number of aryl methyl sites for hydroxylation is 1. The maximum Gasteiger partial charge on any atom is 0.129 e. The topological polar surface area (TPSA) is 59.4 Å². The Morgan fingerprint density at radius 3 is 2.86 bits per heavy atom. The van der Waals surface area contributed by atoms with Gasteiger partial charge < -0.3 is 15.3 Å². The van der Waals surface area contributed by atoms with Crippen molar-refractivity contribution in [3.05, 3.63) is 23.7 Å². The monoisotopic (exact) mass is 193 g/mol. The quantitative estimate of drug-likeness (QED) is 0.703. The second kappa shape index (κ2) is 2.41. The molecule has 3 N–H and O–H groups in total. The predicted octanol–water partition coefficient (Wildman–Crippen LogP) is 1.15. The van der Waals surface area contributed by atoms with E-state index in [1.165, 1.54) is 5.56 Å². The molecule has 1 unspecified atom stereocenters. The zero-order valence-corrected chi connectivity index (χ0v) is 8.12. The van der Waals surface area contributed by atoms with E-state index in [4.69, 9.17) is 10.2 Å². The molecule has 2 aliphatic rings. The molecule has 3 rings (SSSR count). The van der Waals surface area contributed by atoms with Gasteiger partial charge in [0.2, 0.25) is 0 Å². The summed E-state index contributed by atoms with van der Waals surface area (Å²) >= 11 is 0. The summed E-state index contributed by atoms with van der Waals surface area (Å²) in [6.07, 6.45) is 6.08. The third kappa shape index (κ3) is 0.799. The average Bonchev–Trinajstić information content (AvgIpc) is 2.82. The molecule has 76 valence electrons. The highest BCUT2D eigenvalue weighted by atomic mass is 16.3. The first-order valence-corrected chi connectivity index (χ1v) is 5.18. The molecule has 1 aromatic heterocycles. The molecule has 14 heavy (non-hydrogen) atoms. The maximum absolute atomic E-state index is 9.51. The number of aliphatic hydroxyl groups excluding tert-OH is 1. The summed E-state index contributed by atoms with van der Waals surface area (Å²) in [6.45, 7) is -0.00644. The standard InChI is InChI=1S/C11H15NO2/c12-11(7-13)9-8(2-6-14-9)1-3-10(11)4-5-10/h2,6,13H,1,3-5,7,12H2. The smallest absolute Gasteiger partial charge is 0.129 e. The predicted molar refractivity (Wildman–Crippen MR) is 51.6 cm³/mol. The van der Waals surface area contributed by atoms with Crippen molar-refractivity contribution in [2.24, 2.45) is 11.1 Å². The first kappa shape index (κ1) is 8.50. The summed E-state index contributed by atoms with van der Waals surface area (Å²) in [5.74, 6) is 0.823. The van der Waals surface area contributed by atoms with Gasteiger partial charge in [-0.1, -0.05) is 0 Å². The lowest BCUT2D eigenvalue weighted by Gasteiger charge is -2.39. The zero-order chi connectivity index (χ0) is 9.81. The highest BCUT2D eigenvalue weighted by Gasteiger charge is 2.61. The molecule has 0 radical (unpaired) electrons. The lowest BCUT2D eigenvalue weighted by atomic mass is 9.71. The fourth-order valence-electron chi connectivity index (χ4n) is 2.85. The molecule has 0 amide bonds. The fraction of sp³-hybridized carbons (Fsp3) is 0.636. The van der Waals surface area contributed by atoms with Crippen molar-refractivity contribution < 1.29 is 9.52 Å². The van der Waals surface area contributed by atoms with Gasteiger partial charge in [0, 0.05) is 0 Å². The van der Waals surface area contributed by atoms with Crippen LogP contribution in [0.25, 0.3) is 0 Å². The Morgan fingerprint density at radius 2 is 2.21 bits per heavy atom. The van der Waals surface area contributed by atoms with E-state index in [2.05, 4.69) is 0 Å². The van der Waals surface area contributed by atoms with Gasteiger partial charge in [0.25, 0.3) is 0 Å². The number of furan rings is 1. The van der Waals surface area contributed by atoms with E-state index in [0.717, 1.165) is 31.4 Å². The molecule has 1 aromatic rings. The van der Waals surface area contributed by atoms with Crippen molar-refractivity contribution >= 4 is 0 Å². The molecule has 2 aliphatic carbocycles. The molecular weight excluding hydrogens is 178 g/mol. The molecule has 0 saturated heterocycles. The third-order valence-electron chi connectivity index (χ3n) is 4.07. The van der Waals surface area contributed by atoms with Crippen molar-refractivity contribution in [2.45, 2.75) is 31.2 Å². The first-order chi connectivity index (χ1) is 6.72. The van der Waals surface area contributed by atoms with E-state index < -0.39 is 5.54 Å². The SMILES string of the molecule is NC1(CO)c2occc2CCC12CC2. The van der Waals surface area contributed by atoms with E-state index in [0.29, 0.717) is 0 Å². The van der Waals surface area contributed by atoms with Crippen molar-refractivity contribution in [1.29, 1.82) is 0 Å². The van der Waals surface area contributed by atoms with Gasteiger partial charge in [0.1, 0.15) is 11.3 Å². The third-order valence-corrected chi connectivity index (χ3v) is 4.07. The molecule has 1 fully saturated rings. The average molecular weight is 193 g/mol. The van der Waals surface area contributed by atoms with Gasteiger partial charge >= 0.3 is 0 Å². The molecular formula is C11H15NO2. The molecule has 1 atom stereocenters. The highest BCUT2D eigenvalue weighted by molar-refractivity contribution is 5.34. The largest absolute Gasteiger partial charge is 0.467 e. The van der Waals surface area contributed by atoms with E-state index in [1.54, 1.807) is 6.26 Å². The van der Waals surface area contributed by atoms with Crippen LogP contribution in [0.4, 0.5) is 0 Å². The molecule has 0 aromatic carbocycles. The molecule has 0 aliphatic heterocycles. The Morgan fingerprint density at radius 1 is 1.43 bits per heavy atom. The van der Waals surface area contributed by atoms with Gasteiger partial charge in [0.05, 0.1) is 12.9 Å². The highest BCUT2D eigenvalue weighted by Crippen LogP contribution is 2.62. The Bertz CT molecular complexity index is 367. The Hall–Kier alpha value is -0.800. The van der Waals surface area contributed by atoms with Crippen LogP contribution in [0.15, 0.2) is 16.7 Å². The summed E-state index contributed by atoms with van der Waals surface area (Å²) in [7, 11) is 0. The second-order valence-electron chi connectivity index (χ2n) is 4.68. The molecule has 3 nitrogen and oxygen atoms in total. The van der Waals surface area contributed by atoms with Crippen molar-refractivity contribution in [3.8, 4) is 0 Å².